The number of thiazole rings is 1. The Morgan fingerprint density at radius 2 is 1.94 bits per heavy atom. The Morgan fingerprint density at radius 1 is 1.24 bits per heavy atom. The van der Waals surface area contributed by atoms with E-state index in [9.17, 15) is 9.90 Å². The van der Waals surface area contributed by atoms with Gasteiger partial charge in [-0.05, 0) is 57.7 Å². The predicted octanol–water partition coefficient (Wildman–Crippen LogP) is 5.54. The lowest BCUT2D eigenvalue weighted by Gasteiger charge is -2.36. The monoisotopic (exact) mass is 708 g/mol. The summed E-state index contributed by atoms with van der Waals surface area (Å²) in [5.41, 5.74) is 4.54. The molecule has 1 saturated heterocycles. The normalized spacial score (nSPS) is 13.6. The number of aliphatic hydroxyl groups excluding tert-OH is 1. The highest BCUT2D eigenvalue weighted by Crippen LogP contribution is 2.36. The van der Waals surface area contributed by atoms with Crippen molar-refractivity contribution >= 4 is 57.6 Å². The number of nitrogens with one attached hydrogen (secondary N) is 2. The molecule has 49 heavy (non-hydrogen) atoms. The van der Waals surface area contributed by atoms with Crippen molar-refractivity contribution in [1.82, 2.24) is 25.2 Å². The van der Waals surface area contributed by atoms with E-state index in [1.54, 1.807) is 7.11 Å². The van der Waals surface area contributed by atoms with Crippen LogP contribution in [0.3, 0.4) is 0 Å². The molecule has 1 amide bonds. The molecular formula is C35H45ClN8O4S. The van der Waals surface area contributed by atoms with Crippen LogP contribution in [0, 0.1) is 6.92 Å². The Bertz CT molecular complexity index is 1690. The smallest absolute Gasteiger partial charge is 0.267 e. The van der Waals surface area contributed by atoms with Gasteiger partial charge in [-0.1, -0.05) is 48.2 Å². The molecule has 1 fully saturated rings. The van der Waals surface area contributed by atoms with Gasteiger partial charge in [0, 0.05) is 51.0 Å². The molecule has 0 aromatic carbocycles. The first-order valence-corrected chi connectivity index (χ1v) is 16.8. The van der Waals surface area contributed by atoms with E-state index >= 15 is 0 Å². The maximum absolute atomic E-state index is 13.0. The number of nitrogens with zero attached hydrogens (tertiary/aromatic N) is 6. The van der Waals surface area contributed by atoms with E-state index in [2.05, 4.69) is 51.7 Å². The summed E-state index contributed by atoms with van der Waals surface area (Å²) in [6, 6.07) is 5.81. The number of aliphatic hydroxyl groups is 1. The second kappa shape index (κ2) is 18.8. The number of aldehydes is 1. The topological polar surface area (TPSA) is 136 Å². The van der Waals surface area contributed by atoms with Crippen LogP contribution in [0.1, 0.15) is 29.2 Å². The summed E-state index contributed by atoms with van der Waals surface area (Å²) in [5, 5.41) is 16.5. The van der Waals surface area contributed by atoms with Crippen LogP contribution in [0.2, 0.25) is 0 Å². The zero-order valence-electron chi connectivity index (χ0n) is 28.9. The van der Waals surface area contributed by atoms with E-state index in [0.29, 0.717) is 45.8 Å². The van der Waals surface area contributed by atoms with Gasteiger partial charge in [-0.25, -0.2) is 15.0 Å². The fraction of sp³-hybridized carbons (Fsp3) is 0.343. The van der Waals surface area contributed by atoms with Gasteiger partial charge >= 0.3 is 0 Å². The number of anilines is 4. The Morgan fingerprint density at radius 3 is 2.53 bits per heavy atom. The molecule has 1 aliphatic rings. The van der Waals surface area contributed by atoms with Gasteiger partial charge < -0.3 is 35.2 Å². The van der Waals surface area contributed by atoms with Crippen molar-refractivity contribution in [2.75, 3.05) is 75.7 Å². The largest absolute Gasteiger partial charge is 0.493 e. The van der Waals surface area contributed by atoms with Crippen LogP contribution in [0.4, 0.5) is 22.5 Å². The highest BCUT2D eigenvalue weighted by molar-refractivity contribution is 7.17. The number of hydrogen-bond donors (Lipinski definition) is 3. The number of hydrogen-bond acceptors (Lipinski definition) is 12. The van der Waals surface area contributed by atoms with Crippen LogP contribution < -0.4 is 25.2 Å². The Balaban J connectivity index is 0.00000154. The summed E-state index contributed by atoms with van der Waals surface area (Å²) < 4.78 is 5.60. The van der Waals surface area contributed by atoms with Crippen LogP contribution in [0.5, 0.6) is 5.75 Å². The number of amides is 1. The van der Waals surface area contributed by atoms with Crippen LogP contribution in [0.15, 0.2) is 72.1 Å². The molecule has 0 bridgehead atoms. The first-order valence-electron chi connectivity index (χ1n) is 15.6. The summed E-state index contributed by atoms with van der Waals surface area (Å²) in [6.07, 6.45) is 7.03. The molecule has 1 aliphatic heterocycles. The zero-order chi connectivity index (χ0) is 36.1. The second-order valence-electron chi connectivity index (χ2n) is 11.1. The number of piperazine rings is 1. The quantitative estimate of drug-likeness (QED) is 0.117. The zero-order valence-corrected chi connectivity index (χ0v) is 30.5. The van der Waals surface area contributed by atoms with Gasteiger partial charge in [0.15, 0.2) is 22.5 Å². The summed E-state index contributed by atoms with van der Waals surface area (Å²) in [7, 11) is 5.65. The van der Waals surface area contributed by atoms with E-state index in [1.165, 1.54) is 23.6 Å². The lowest BCUT2D eigenvalue weighted by molar-refractivity contribution is -0.104. The molecule has 4 rings (SSSR count). The molecule has 0 spiro atoms. The minimum atomic E-state index is -0.350. The molecule has 0 atom stereocenters. The molecule has 262 valence electrons. The van der Waals surface area contributed by atoms with Crippen LogP contribution in [-0.2, 0) is 4.79 Å². The standard InChI is InChI=1S/C32H41ClN8O3S.C3H4O/c1-8-9-20(2)28(21(3)33)37-31(43)27-19-34-32(45-27)38-29-26(44-7)11-10-24(36-29)23-18-25(40(6)16-17-42)30(35-22(23)4)41-14-12-39(5)13-15-41;1-2-3-4/h8-11,18-19,42H,3,12-17H2,1-2,4-7H3,(H,37,43)(H,34,36,38);2-3H,1H2/b9-8-,28-20+;. The molecule has 0 saturated carbocycles. The third-order valence-corrected chi connectivity index (χ3v) is 8.65. The minimum Gasteiger partial charge on any atom is -0.493 e. The van der Waals surface area contributed by atoms with Crippen molar-refractivity contribution in [2.45, 2.75) is 20.8 Å². The number of aryl methyl sites for hydroxylation is 1. The van der Waals surface area contributed by atoms with Crippen molar-refractivity contribution in [2.24, 2.45) is 0 Å². The van der Waals surface area contributed by atoms with E-state index in [-0.39, 0.29) is 17.5 Å². The van der Waals surface area contributed by atoms with E-state index < -0.39 is 0 Å². The van der Waals surface area contributed by atoms with Gasteiger partial charge in [0.1, 0.15) is 11.2 Å². The fourth-order valence-corrected chi connectivity index (χ4v) is 5.83. The van der Waals surface area contributed by atoms with Crippen molar-refractivity contribution in [3.8, 4) is 17.0 Å². The number of aromatic nitrogens is 3. The lowest BCUT2D eigenvalue weighted by atomic mass is 10.1. The third-order valence-electron chi connectivity index (χ3n) is 7.55. The molecule has 0 radical (unpaired) electrons. The van der Waals surface area contributed by atoms with Gasteiger partial charge in [0.2, 0.25) is 0 Å². The van der Waals surface area contributed by atoms with Crippen molar-refractivity contribution in [3.05, 3.63) is 82.7 Å². The van der Waals surface area contributed by atoms with Gasteiger partial charge in [0.05, 0.1) is 42.0 Å². The summed E-state index contributed by atoms with van der Waals surface area (Å²) in [5.74, 6) is 1.51. The fourth-order valence-electron chi connectivity index (χ4n) is 4.92. The molecule has 3 aromatic heterocycles. The second-order valence-corrected chi connectivity index (χ2v) is 12.6. The lowest BCUT2D eigenvalue weighted by Crippen LogP contribution is -2.45. The maximum Gasteiger partial charge on any atom is 0.267 e. The van der Waals surface area contributed by atoms with Crippen LogP contribution in [-0.4, -0.2) is 97.7 Å². The van der Waals surface area contributed by atoms with E-state index in [4.69, 9.17) is 31.1 Å². The van der Waals surface area contributed by atoms with Gasteiger partial charge in [-0.15, -0.1) is 0 Å². The van der Waals surface area contributed by atoms with Crippen LogP contribution >= 0.6 is 22.9 Å². The van der Waals surface area contributed by atoms with E-state index in [1.807, 2.05) is 57.0 Å². The number of methoxy groups -OCH3 is 1. The number of carbonyl (C=O) groups excluding carboxylic acids is 2. The highest BCUT2D eigenvalue weighted by Gasteiger charge is 2.23. The number of ether oxygens (including phenoxy) is 1. The number of carbonyl (C=O) groups is 2. The average molecular weight is 709 g/mol. The van der Waals surface area contributed by atoms with Crippen molar-refractivity contribution in [3.63, 3.8) is 0 Å². The number of halogens is 1. The van der Waals surface area contributed by atoms with Gasteiger partial charge in [-0.2, -0.15) is 0 Å². The Kier molecular flexibility index (Phi) is 15.0. The van der Waals surface area contributed by atoms with Crippen LogP contribution in [0.25, 0.3) is 11.3 Å². The average Bonchev–Trinajstić information content (AvgIpc) is 3.56. The number of allylic oxidation sites excluding steroid dienone is 5. The Labute approximate surface area is 297 Å². The van der Waals surface area contributed by atoms with Crippen molar-refractivity contribution < 1.29 is 19.4 Å². The maximum atomic E-state index is 13.0. The van der Waals surface area contributed by atoms with E-state index in [0.717, 1.165) is 54.5 Å². The molecule has 0 unspecified atom stereocenters. The first kappa shape index (κ1) is 38.9. The molecule has 3 aromatic rings. The van der Waals surface area contributed by atoms with Gasteiger partial charge in [-0.3, -0.25) is 9.59 Å². The van der Waals surface area contributed by atoms with Crippen molar-refractivity contribution in [1.29, 1.82) is 0 Å². The summed E-state index contributed by atoms with van der Waals surface area (Å²) in [6.45, 7) is 16.7. The number of rotatable bonds is 13. The molecule has 4 heterocycles. The molecule has 14 heteroatoms. The van der Waals surface area contributed by atoms with Gasteiger partial charge in [0.25, 0.3) is 5.91 Å². The SMILES string of the molecule is C=C(Cl)/C(NC(=O)c1cnc(Nc2nc(-c3cc(N(C)CCO)c(N4CCN(C)CC4)nc3C)ccc2OC)s1)=C(C)\C=C/C.C=CC=O. The number of pyridine rings is 2. The third kappa shape index (κ3) is 10.5. The molecular weight excluding hydrogens is 664 g/mol. The first-order chi connectivity index (χ1) is 23.5. The summed E-state index contributed by atoms with van der Waals surface area (Å²) in [4.78, 5) is 43.4. The highest BCUT2D eigenvalue weighted by atomic mass is 35.5. The summed E-state index contributed by atoms with van der Waals surface area (Å²) >= 11 is 7.33. The Hall–Kier alpha value is -4.56. The molecule has 0 aliphatic carbocycles. The predicted molar refractivity (Wildman–Crippen MR) is 200 cm³/mol. The molecule has 3 N–H and O–H groups in total. The minimum absolute atomic E-state index is 0.0260. The number of likely N-dealkylation sites (N-methyl/N-ethyl adjacent to an activating group) is 2. The molecule has 12 nitrogen and oxygen atoms in total.